The van der Waals surface area contributed by atoms with Gasteiger partial charge in [0.25, 0.3) is 0 Å². The van der Waals surface area contributed by atoms with Crippen molar-refractivity contribution >= 4 is 5.91 Å². The van der Waals surface area contributed by atoms with Gasteiger partial charge in [-0.05, 0) is 6.42 Å². The van der Waals surface area contributed by atoms with Gasteiger partial charge in [0.2, 0.25) is 5.91 Å². The highest BCUT2D eigenvalue weighted by molar-refractivity contribution is 5.76. The largest absolute Gasteiger partial charge is 0.382 e. The van der Waals surface area contributed by atoms with Crippen LogP contribution >= 0.6 is 0 Å². The van der Waals surface area contributed by atoms with Crippen LogP contribution in [-0.2, 0) is 28.5 Å². The number of rotatable bonds is 16. The molecule has 1 aliphatic heterocycles. The molecular weight excluding hydrogens is 386 g/mol. The maximum atomic E-state index is 12.9. The molecule has 1 fully saturated rings. The lowest BCUT2D eigenvalue weighted by Crippen LogP contribution is -2.65. The van der Waals surface area contributed by atoms with Crippen molar-refractivity contribution in [2.75, 3.05) is 42.1 Å². The van der Waals surface area contributed by atoms with E-state index >= 15 is 0 Å². The highest BCUT2D eigenvalue weighted by Crippen LogP contribution is 2.29. The fraction of sp³-hybridized carbons (Fsp3) is 0.957. The average Bonchev–Trinajstić information content (AvgIpc) is 2.78. The van der Waals surface area contributed by atoms with Crippen molar-refractivity contribution in [1.29, 1.82) is 0 Å². The Morgan fingerprint density at radius 1 is 0.900 bits per heavy atom. The Hall–Kier alpha value is -0.730. The number of unbranched alkanes of at least 4 members (excludes halogenated alkanes) is 8. The van der Waals surface area contributed by atoms with Crippen molar-refractivity contribution in [2.45, 2.75) is 102 Å². The van der Waals surface area contributed by atoms with Crippen LogP contribution in [0.15, 0.2) is 0 Å². The van der Waals surface area contributed by atoms with Crippen LogP contribution in [0.25, 0.3) is 0 Å². The molecule has 5 atom stereocenters. The third-order valence-corrected chi connectivity index (χ3v) is 5.95. The fourth-order valence-corrected chi connectivity index (χ4v) is 4.20. The number of hydrogen-bond acceptors (Lipinski definition) is 6. The number of nitrogens with zero attached hydrogens (tertiary/aromatic N) is 1. The van der Waals surface area contributed by atoms with Crippen molar-refractivity contribution < 1.29 is 29.8 Å². The first kappa shape index (κ1) is 25.5. The second-order valence-electron chi connectivity index (χ2n) is 8.06. The standard InChI is InChI=1S/C23H45NO6/c1-7-8-9-10-11-12-13-14-15-16-19(25)24(2)20-22(28-5)21(27-4)18(17-26-3)30-23(20)29-6/h18,20-23H,7-17H2,1-6H3/t18-,20-,21-,22-,23?/m1/s1/i1D. The van der Waals surface area contributed by atoms with Crippen LogP contribution in [0, 0.1) is 0 Å². The van der Waals surface area contributed by atoms with Gasteiger partial charge in [0.1, 0.15) is 24.4 Å². The summed E-state index contributed by atoms with van der Waals surface area (Å²) in [7, 11) is 8.21. The molecular formula is C23H45NO6. The molecule has 1 rings (SSSR count). The average molecular weight is 433 g/mol. The highest BCUT2D eigenvalue weighted by atomic mass is 16.7. The smallest absolute Gasteiger partial charge is 0.222 e. The van der Waals surface area contributed by atoms with E-state index in [-0.39, 0.29) is 24.2 Å². The summed E-state index contributed by atoms with van der Waals surface area (Å²) in [5.41, 5.74) is 0. The maximum absolute atomic E-state index is 12.9. The van der Waals surface area contributed by atoms with Gasteiger partial charge in [-0.15, -0.1) is 0 Å². The maximum Gasteiger partial charge on any atom is 0.222 e. The van der Waals surface area contributed by atoms with E-state index in [1.165, 1.54) is 32.1 Å². The van der Waals surface area contributed by atoms with Crippen molar-refractivity contribution in [2.24, 2.45) is 0 Å². The van der Waals surface area contributed by atoms with Crippen molar-refractivity contribution in [3.63, 3.8) is 0 Å². The van der Waals surface area contributed by atoms with E-state index in [9.17, 15) is 4.79 Å². The third-order valence-electron chi connectivity index (χ3n) is 5.95. The summed E-state index contributed by atoms with van der Waals surface area (Å²) in [6, 6.07) is -0.399. The molecule has 7 nitrogen and oxygen atoms in total. The van der Waals surface area contributed by atoms with Gasteiger partial charge in [0, 0.05) is 43.3 Å². The lowest BCUT2D eigenvalue weighted by Gasteiger charge is -2.47. The molecule has 0 spiro atoms. The Morgan fingerprint density at radius 2 is 1.50 bits per heavy atom. The Labute approximate surface area is 185 Å². The molecule has 7 heteroatoms. The van der Waals surface area contributed by atoms with Crippen molar-refractivity contribution in [1.82, 2.24) is 4.90 Å². The lowest BCUT2D eigenvalue weighted by atomic mass is 9.95. The van der Waals surface area contributed by atoms with E-state index < -0.39 is 12.3 Å². The number of hydrogen-bond donors (Lipinski definition) is 0. The molecule has 1 heterocycles. The van der Waals surface area contributed by atoms with Gasteiger partial charge < -0.3 is 28.6 Å². The molecule has 0 N–H and O–H groups in total. The Bertz CT molecular complexity index is 469. The minimum absolute atomic E-state index is 0.0631. The fourth-order valence-electron chi connectivity index (χ4n) is 4.20. The second kappa shape index (κ2) is 16.0. The molecule has 0 aromatic carbocycles. The summed E-state index contributed by atoms with van der Waals surface area (Å²) in [6.07, 6.45) is 9.07. The van der Waals surface area contributed by atoms with Crippen molar-refractivity contribution in [3.8, 4) is 0 Å². The summed E-state index contributed by atoms with van der Waals surface area (Å²) in [5, 5.41) is 0. The van der Waals surface area contributed by atoms with E-state index in [1.54, 1.807) is 40.4 Å². The van der Waals surface area contributed by atoms with E-state index in [4.69, 9.17) is 25.1 Å². The molecule has 0 aromatic rings. The first-order valence-corrected chi connectivity index (χ1v) is 11.3. The molecule has 0 saturated carbocycles. The van der Waals surface area contributed by atoms with Crippen LogP contribution in [0.2, 0.25) is 0 Å². The van der Waals surface area contributed by atoms with Gasteiger partial charge in [-0.1, -0.05) is 58.3 Å². The van der Waals surface area contributed by atoms with E-state index in [1.807, 2.05) is 0 Å². The molecule has 1 amide bonds. The molecule has 30 heavy (non-hydrogen) atoms. The first-order valence-electron chi connectivity index (χ1n) is 12.0. The summed E-state index contributed by atoms with van der Waals surface area (Å²) in [5.74, 6) is 0.0631. The topological polar surface area (TPSA) is 66.5 Å². The Kier molecular flexibility index (Phi) is 13.6. The number of methoxy groups -OCH3 is 4. The van der Waals surface area contributed by atoms with Crippen molar-refractivity contribution in [3.05, 3.63) is 0 Å². The zero-order valence-corrected chi connectivity index (χ0v) is 19.8. The monoisotopic (exact) mass is 432 g/mol. The van der Waals surface area contributed by atoms with Crippen LogP contribution in [-0.4, -0.2) is 83.5 Å². The highest BCUT2D eigenvalue weighted by Gasteiger charge is 2.49. The molecule has 0 aromatic heterocycles. The number of carbonyl (C=O) groups excluding carboxylic acids is 1. The minimum Gasteiger partial charge on any atom is -0.382 e. The number of likely N-dealkylation sites (N-methyl/N-ethyl adjacent to an activating group) is 1. The van der Waals surface area contributed by atoms with Crippen LogP contribution < -0.4 is 0 Å². The van der Waals surface area contributed by atoms with Crippen LogP contribution in [0.4, 0.5) is 0 Å². The van der Waals surface area contributed by atoms with Gasteiger partial charge in [0.15, 0.2) is 6.29 Å². The van der Waals surface area contributed by atoms with E-state index in [2.05, 4.69) is 0 Å². The number of amides is 1. The zero-order chi connectivity index (χ0) is 23.1. The van der Waals surface area contributed by atoms with Crippen LogP contribution in [0.3, 0.4) is 0 Å². The Morgan fingerprint density at radius 3 is 2.03 bits per heavy atom. The first-order chi connectivity index (χ1) is 15.0. The molecule has 1 unspecified atom stereocenters. The zero-order valence-electron chi connectivity index (χ0n) is 20.8. The Balaban J connectivity index is 2.47. The quantitative estimate of drug-likeness (QED) is 0.346. The lowest BCUT2D eigenvalue weighted by molar-refractivity contribution is -0.285. The minimum atomic E-state index is -0.611. The summed E-state index contributed by atoms with van der Waals surface area (Å²) < 4.78 is 35.4. The number of carbonyl (C=O) groups is 1. The molecule has 0 bridgehead atoms. The number of ether oxygens (including phenoxy) is 5. The molecule has 178 valence electrons. The predicted molar refractivity (Wildman–Crippen MR) is 118 cm³/mol. The van der Waals surface area contributed by atoms with Gasteiger partial charge in [-0.3, -0.25) is 4.79 Å². The van der Waals surface area contributed by atoms with Gasteiger partial charge in [-0.2, -0.15) is 0 Å². The van der Waals surface area contributed by atoms with Gasteiger partial charge >= 0.3 is 0 Å². The SMILES string of the molecule is [2H]CCCCCCCCCCCC(=O)N(C)[C@H]1C(OC)O[C@H](COC)[C@@H](OC)[C@@H]1OC. The second-order valence-corrected chi connectivity index (χ2v) is 8.06. The summed E-state index contributed by atoms with van der Waals surface area (Å²) >= 11 is 0. The third kappa shape index (κ3) is 8.42. The predicted octanol–water partition coefficient (Wildman–Crippen LogP) is 3.78. The van der Waals surface area contributed by atoms with Crippen LogP contribution in [0.1, 0.15) is 72.5 Å². The van der Waals surface area contributed by atoms with Gasteiger partial charge in [0.05, 0.1) is 6.61 Å². The molecule has 0 radical (unpaired) electrons. The molecule has 1 saturated heterocycles. The summed E-state index contributed by atoms with van der Waals surface area (Å²) in [4.78, 5) is 14.6. The van der Waals surface area contributed by atoms with E-state index in [0.29, 0.717) is 19.9 Å². The van der Waals surface area contributed by atoms with E-state index in [0.717, 1.165) is 25.7 Å². The van der Waals surface area contributed by atoms with Gasteiger partial charge in [-0.25, -0.2) is 0 Å². The normalized spacial score (nSPS) is 27.1. The molecule has 0 aliphatic carbocycles. The summed E-state index contributed by atoms with van der Waals surface area (Å²) in [6.45, 7) is 0.901. The van der Waals surface area contributed by atoms with Crippen LogP contribution in [0.5, 0.6) is 0 Å². The molecule has 1 aliphatic rings.